The number of hydrogen-bond donors (Lipinski definition) is 1. The number of aromatic amines is 1. The van der Waals surface area contributed by atoms with Crippen LogP contribution in [0, 0.1) is 5.82 Å². The number of hydrazone groups is 1. The van der Waals surface area contributed by atoms with Gasteiger partial charge in [-0.25, -0.2) is 9.40 Å². The van der Waals surface area contributed by atoms with E-state index in [9.17, 15) is 9.18 Å². The lowest BCUT2D eigenvalue weighted by Gasteiger charge is -2.20. The Morgan fingerprint density at radius 1 is 0.947 bits per heavy atom. The van der Waals surface area contributed by atoms with E-state index in [4.69, 9.17) is 4.99 Å². The van der Waals surface area contributed by atoms with E-state index < -0.39 is 6.04 Å². The van der Waals surface area contributed by atoms with Crippen molar-refractivity contribution in [2.24, 2.45) is 10.1 Å². The van der Waals surface area contributed by atoms with Gasteiger partial charge in [0, 0.05) is 47.2 Å². The van der Waals surface area contributed by atoms with Crippen molar-refractivity contribution in [1.29, 1.82) is 0 Å². The van der Waals surface area contributed by atoms with Crippen molar-refractivity contribution in [2.75, 3.05) is 0 Å². The summed E-state index contributed by atoms with van der Waals surface area (Å²) >= 11 is 0. The summed E-state index contributed by atoms with van der Waals surface area (Å²) in [6.07, 6.45) is 2.28. The Bertz CT molecular complexity index is 1700. The highest BCUT2D eigenvalue weighted by Gasteiger charge is 2.33. The molecule has 1 unspecified atom stereocenters. The molecule has 1 aromatic heterocycles. The van der Waals surface area contributed by atoms with Crippen molar-refractivity contribution in [1.82, 2.24) is 9.99 Å². The maximum absolute atomic E-state index is 14.7. The molecule has 1 aliphatic rings. The molecule has 5 nitrogen and oxygen atoms in total. The number of carbonyl (C=O) groups is 1. The molecule has 1 N–H and O–H groups in total. The van der Waals surface area contributed by atoms with Gasteiger partial charge in [-0.2, -0.15) is 5.10 Å². The molecular formula is C32H25FN4O. The second-order valence-electron chi connectivity index (χ2n) is 9.25. The molecule has 0 saturated heterocycles. The fourth-order valence-electron chi connectivity index (χ4n) is 5.05. The zero-order valence-electron chi connectivity index (χ0n) is 20.8. The molecule has 5 aromatic rings. The number of halogens is 1. The van der Waals surface area contributed by atoms with Crippen LogP contribution in [0.15, 0.2) is 113 Å². The Morgan fingerprint density at radius 2 is 1.66 bits per heavy atom. The molecule has 0 aliphatic carbocycles. The van der Waals surface area contributed by atoms with Gasteiger partial charge in [0.25, 0.3) is 0 Å². The first-order chi connectivity index (χ1) is 18.6. The van der Waals surface area contributed by atoms with Gasteiger partial charge in [0.2, 0.25) is 5.91 Å². The lowest BCUT2D eigenvalue weighted by Crippen LogP contribution is -2.25. The lowest BCUT2D eigenvalue weighted by atomic mass is 9.97. The van der Waals surface area contributed by atoms with Crippen LogP contribution in [0.5, 0.6) is 0 Å². The third-order valence-electron chi connectivity index (χ3n) is 6.85. The molecule has 6 heteroatoms. The average molecular weight is 501 g/mol. The van der Waals surface area contributed by atoms with Crippen LogP contribution in [0.1, 0.15) is 36.1 Å². The van der Waals surface area contributed by atoms with Crippen LogP contribution in [-0.4, -0.2) is 27.8 Å². The predicted molar refractivity (Wildman–Crippen MR) is 150 cm³/mol. The zero-order chi connectivity index (χ0) is 26.1. The van der Waals surface area contributed by atoms with E-state index in [0.717, 1.165) is 39.0 Å². The molecule has 186 valence electrons. The number of para-hydroxylation sites is 2. The van der Waals surface area contributed by atoms with Gasteiger partial charge in [-0.15, -0.1) is 0 Å². The molecule has 0 radical (unpaired) electrons. The van der Waals surface area contributed by atoms with Crippen molar-refractivity contribution in [3.8, 4) is 11.3 Å². The fraction of sp³-hybridized carbons (Fsp3) is 0.0938. The van der Waals surface area contributed by atoms with Crippen molar-refractivity contribution >= 4 is 34.4 Å². The van der Waals surface area contributed by atoms with Crippen molar-refractivity contribution in [3.05, 3.63) is 126 Å². The number of aliphatic imine (C=N–C) groups is 1. The number of nitrogens with zero attached hydrogens (tertiary/aromatic N) is 3. The minimum atomic E-state index is -0.501. The Morgan fingerprint density at radius 3 is 2.47 bits per heavy atom. The SMILES string of the molecule is CC(=O)N1N=C(c2ccccc2N=Cc2c(-c3ccccc3)[nH]c3ccccc23)CC1c1ccccc1F. The van der Waals surface area contributed by atoms with Crippen LogP contribution in [-0.2, 0) is 4.79 Å². The summed E-state index contributed by atoms with van der Waals surface area (Å²) in [5.74, 6) is -0.584. The first kappa shape index (κ1) is 23.6. The third kappa shape index (κ3) is 4.30. The monoisotopic (exact) mass is 500 g/mol. The number of carbonyl (C=O) groups excluding carboxylic acids is 1. The molecule has 2 heterocycles. The molecule has 0 bridgehead atoms. The molecule has 4 aromatic carbocycles. The van der Waals surface area contributed by atoms with Gasteiger partial charge >= 0.3 is 0 Å². The highest BCUT2D eigenvalue weighted by molar-refractivity contribution is 6.09. The van der Waals surface area contributed by atoms with Crippen molar-refractivity contribution in [3.63, 3.8) is 0 Å². The summed E-state index contributed by atoms with van der Waals surface area (Å²) in [6, 6.07) is 32.1. The van der Waals surface area contributed by atoms with Crippen LogP contribution in [0.2, 0.25) is 0 Å². The van der Waals surface area contributed by atoms with E-state index in [1.54, 1.807) is 18.2 Å². The summed E-state index contributed by atoms with van der Waals surface area (Å²) in [6.45, 7) is 1.45. The van der Waals surface area contributed by atoms with E-state index in [1.807, 2.05) is 60.8 Å². The van der Waals surface area contributed by atoms with E-state index in [2.05, 4.69) is 34.4 Å². The van der Waals surface area contributed by atoms with Gasteiger partial charge in [0.05, 0.1) is 23.1 Å². The van der Waals surface area contributed by atoms with E-state index in [1.165, 1.54) is 18.0 Å². The maximum atomic E-state index is 14.7. The van der Waals surface area contributed by atoms with E-state index in [0.29, 0.717) is 17.7 Å². The number of amides is 1. The standard InChI is InChI=1S/C32H25FN4O/c1-21(38)37-31(24-14-5-8-16-27(24)33)19-30(36-37)25-15-7-9-17-28(25)34-20-26-23-13-6-10-18-29(23)35-32(26)22-11-3-2-4-12-22/h2-18,20,31,35H,19H2,1H3. The molecule has 0 saturated carbocycles. The Labute approximate surface area is 220 Å². The van der Waals surface area contributed by atoms with Crippen LogP contribution >= 0.6 is 0 Å². The summed E-state index contributed by atoms with van der Waals surface area (Å²) in [4.78, 5) is 20.9. The van der Waals surface area contributed by atoms with E-state index >= 15 is 0 Å². The summed E-state index contributed by atoms with van der Waals surface area (Å²) < 4.78 is 14.7. The van der Waals surface area contributed by atoms with Crippen LogP contribution < -0.4 is 0 Å². The van der Waals surface area contributed by atoms with Crippen molar-refractivity contribution in [2.45, 2.75) is 19.4 Å². The predicted octanol–water partition coefficient (Wildman–Crippen LogP) is 7.42. The van der Waals surface area contributed by atoms with Crippen LogP contribution in [0.4, 0.5) is 10.1 Å². The van der Waals surface area contributed by atoms with Crippen LogP contribution in [0.3, 0.4) is 0 Å². The molecular weight excluding hydrogens is 475 g/mol. The number of fused-ring (bicyclic) bond motifs is 1. The van der Waals surface area contributed by atoms with Gasteiger partial charge in [0.15, 0.2) is 0 Å². The van der Waals surface area contributed by atoms with Gasteiger partial charge in [-0.3, -0.25) is 9.79 Å². The van der Waals surface area contributed by atoms with Crippen LogP contribution in [0.25, 0.3) is 22.2 Å². The molecule has 38 heavy (non-hydrogen) atoms. The Balaban J connectivity index is 1.40. The topological polar surface area (TPSA) is 60.8 Å². The van der Waals surface area contributed by atoms with Crippen molar-refractivity contribution < 1.29 is 9.18 Å². The zero-order valence-corrected chi connectivity index (χ0v) is 20.8. The number of hydrogen-bond acceptors (Lipinski definition) is 3. The highest BCUT2D eigenvalue weighted by Crippen LogP contribution is 2.36. The second kappa shape index (κ2) is 9.90. The first-order valence-electron chi connectivity index (χ1n) is 12.5. The molecule has 1 atom stereocenters. The van der Waals surface area contributed by atoms with Gasteiger partial charge in [0.1, 0.15) is 5.82 Å². The number of nitrogens with one attached hydrogen (secondary N) is 1. The Hall–Kier alpha value is -4.84. The summed E-state index contributed by atoms with van der Waals surface area (Å²) in [5.41, 5.74) is 6.79. The van der Waals surface area contributed by atoms with Gasteiger partial charge in [-0.05, 0) is 23.8 Å². The number of H-pyrrole nitrogens is 1. The largest absolute Gasteiger partial charge is 0.354 e. The maximum Gasteiger partial charge on any atom is 0.240 e. The second-order valence-corrected chi connectivity index (χ2v) is 9.25. The minimum absolute atomic E-state index is 0.236. The highest BCUT2D eigenvalue weighted by atomic mass is 19.1. The number of aromatic nitrogens is 1. The molecule has 1 aliphatic heterocycles. The molecule has 6 rings (SSSR count). The molecule has 0 fully saturated rings. The molecule has 1 amide bonds. The minimum Gasteiger partial charge on any atom is -0.354 e. The van der Waals surface area contributed by atoms with E-state index in [-0.39, 0.29) is 11.7 Å². The average Bonchev–Trinajstić information content (AvgIpc) is 3.55. The van der Waals surface area contributed by atoms with Gasteiger partial charge in [-0.1, -0.05) is 84.9 Å². The number of rotatable bonds is 5. The normalized spacial score (nSPS) is 15.4. The lowest BCUT2D eigenvalue weighted by molar-refractivity contribution is -0.130. The quantitative estimate of drug-likeness (QED) is 0.251. The van der Waals surface area contributed by atoms with Gasteiger partial charge < -0.3 is 4.98 Å². The third-order valence-corrected chi connectivity index (χ3v) is 6.85. The first-order valence-corrected chi connectivity index (χ1v) is 12.5. The fourth-order valence-corrected chi connectivity index (χ4v) is 5.05. The smallest absolute Gasteiger partial charge is 0.240 e. The Kier molecular flexibility index (Phi) is 6.14. The summed E-state index contributed by atoms with van der Waals surface area (Å²) in [5, 5.41) is 7.08. The summed E-state index contributed by atoms with van der Waals surface area (Å²) in [7, 11) is 0. The number of benzene rings is 4. The molecule has 0 spiro atoms.